The van der Waals surface area contributed by atoms with E-state index in [1.807, 2.05) is 30.3 Å². The Labute approximate surface area is 132 Å². The summed E-state index contributed by atoms with van der Waals surface area (Å²) in [6.45, 7) is 2.49. The molecule has 4 heteroatoms. The summed E-state index contributed by atoms with van der Waals surface area (Å²) in [6, 6.07) is 9.71. The molecule has 1 fully saturated rings. The number of nitrogens with one attached hydrogen (secondary N) is 1. The Morgan fingerprint density at radius 1 is 1.27 bits per heavy atom. The van der Waals surface area contributed by atoms with E-state index in [1.54, 1.807) is 0 Å². The van der Waals surface area contributed by atoms with Gasteiger partial charge in [0.05, 0.1) is 7.11 Å². The minimum Gasteiger partial charge on any atom is -0.475 e. The summed E-state index contributed by atoms with van der Waals surface area (Å²) in [7, 11) is 1.39. The van der Waals surface area contributed by atoms with Gasteiger partial charge in [0.25, 0.3) is 0 Å². The number of esters is 1. The second-order valence-corrected chi connectivity index (χ2v) is 6.03. The summed E-state index contributed by atoms with van der Waals surface area (Å²) in [5.74, 6) is 0.359. The molecule has 4 nitrogen and oxygen atoms in total. The van der Waals surface area contributed by atoms with E-state index < -0.39 is 5.41 Å². The lowest BCUT2D eigenvalue weighted by molar-refractivity contribution is -0.151. The number of hydrogen-bond donors (Lipinski definition) is 1. The number of rotatable bonds is 5. The minimum absolute atomic E-state index is 0.0535. The third-order valence-corrected chi connectivity index (χ3v) is 4.77. The largest absolute Gasteiger partial charge is 0.475 e. The predicted octanol–water partition coefficient (Wildman–Crippen LogP) is 3.94. The molecule has 2 rings (SSSR count). The van der Waals surface area contributed by atoms with E-state index in [9.17, 15) is 4.79 Å². The lowest BCUT2D eigenvalue weighted by atomic mass is 9.69. The maximum Gasteiger partial charge on any atom is 0.321 e. The van der Waals surface area contributed by atoms with Crippen LogP contribution in [0.1, 0.15) is 44.6 Å². The monoisotopic (exact) mass is 303 g/mol. The van der Waals surface area contributed by atoms with Crippen molar-refractivity contribution >= 4 is 11.9 Å². The first-order valence-corrected chi connectivity index (χ1v) is 7.96. The molecule has 1 aliphatic carbocycles. The molecule has 1 aromatic rings. The number of carbonyl (C=O) groups is 1. The zero-order valence-electron chi connectivity index (χ0n) is 13.4. The maximum atomic E-state index is 12.3. The molecule has 0 heterocycles. The SMILES string of the molecule is CC[C@H]1CC[C@@](C(=N)OCc2ccccc2)(C(=O)OC)CC1. The van der Waals surface area contributed by atoms with Gasteiger partial charge in [0.1, 0.15) is 12.0 Å². The molecular formula is C18H25NO3. The molecule has 0 amide bonds. The number of carbonyl (C=O) groups excluding carboxylic acids is 1. The van der Waals surface area contributed by atoms with Crippen LogP contribution in [0.15, 0.2) is 30.3 Å². The average Bonchev–Trinajstić information content (AvgIpc) is 2.59. The predicted molar refractivity (Wildman–Crippen MR) is 85.7 cm³/mol. The van der Waals surface area contributed by atoms with Gasteiger partial charge in [0.2, 0.25) is 0 Å². The highest BCUT2D eigenvalue weighted by Crippen LogP contribution is 2.42. The number of hydrogen-bond acceptors (Lipinski definition) is 4. The molecule has 1 aliphatic rings. The standard InChI is InChI=1S/C18H25NO3/c1-3-14-9-11-18(12-10-14,17(20)21-2)16(19)22-13-15-7-5-4-6-8-15/h4-8,14,19H,3,9-13H2,1-2H3/t14-,18+. The Kier molecular flexibility index (Phi) is 5.58. The molecule has 0 radical (unpaired) electrons. The molecule has 0 unspecified atom stereocenters. The number of methoxy groups -OCH3 is 1. The highest BCUT2D eigenvalue weighted by molar-refractivity contribution is 6.01. The molecule has 120 valence electrons. The second kappa shape index (κ2) is 7.43. The Balaban J connectivity index is 2.05. The van der Waals surface area contributed by atoms with Crippen molar-refractivity contribution in [2.45, 2.75) is 45.6 Å². The third kappa shape index (κ3) is 3.49. The Morgan fingerprint density at radius 2 is 1.91 bits per heavy atom. The lowest BCUT2D eigenvalue weighted by Gasteiger charge is -2.37. The summed E-state index contributed by atoms with van der Waals surface area (Å²) in [4.78, 5) is 12.3. The Bertz CT molecular complexity index is 504. The van der Waals surface area contributed by atoms with E-state index in [-0.39, 0.29) is 11.9 Å². The highest BCUT2D eigenvalue weighted by atomic mass is 16.5. The van der Waals surface area contributed by atoms with E-state index in [1.165, 1.54) is 7.11 Å². The molecule has 0 aromatic heterocycles. The number of benzene rings is 1. The average molecular weight is 303 g/mol. The first-order valence-electron chi connectivity index (χ1n) is 7.96. The van der Waals surface area contributed by atoms with Gasteiger partial charge in [0, 0.05) is 0 Å². The maximum absolute atomic E-state index is 12.3. The summed E-state index contributed by atoms with van der Waals surface area (Å²) in [5, 5.41) is 8.31. The molecule has 1 N–H and O–H groups in total. The molecule has 1 aromatic carbocycles. The number of ether oxygens (including phenoxy) is 2. The van der Waals surface area contributed by atoms with Crippen molar-refractivity contribution in [3.63, 3.8) is 0 Å². The van der Waals surface area contributed by atoms with Gasteiger partial charge in [-0.3, -0.25) is 10.2 Å². The molecule has 0 saturated heterocycles. The van der Waals surface area contributed by atoms with E-state index >= 15 is 0 Å². The normalized spacial score (nSPS) is 24.5. The van der Waals surface area contributed by atoms with Crippen molar-refractivity contribution in [2.24, 2.45) is 11.3 Å². The molecule has 1 saturated carbocycles. The van der Waals surface area contributed by atoms with Gasteiger partial charge >= 0.3 is 5.97 Å². The van der Waals surface area contributed by atoms with Crippen LogP contribution in [0.4, 0.5) is 0 Å². The van der Waals surface area contributed by atoms with Gasteiger partial charge in [-0.2, -0.15) is 0 Å². The Hall–Kier alpha value is -1.84. The molecular weight excluding hydrogens is 278 g/mol. The molecule has 0 aliphatic heterocycles. The highest BCUT2D eigenvalue weighted by Gasteiger charge is 2.47. The smallest absolute Gasteiger partial charge is 0.321 e. The van der Waals surface area contributed by atoms with Crippen molar-refractivity contribution in [3.05, 3.63) is 35.9 Å². The summed E-state index contributed by atoms with van der Waals surface area (Å²) < 4.78 is 10.6. The third-order valence-electron chi connectivity index (χ3n) is 4.77. The van der Waals surface area contributed by atoms with Crippen molar-refractivity contribution in [1.82, 2.24) is 0 Å². The van der Waals surface area contributed by atoms with Crippen LogP contribution < -0.4 is 0 Å². The van der Waals surface area contributed by atoms with Crippen molar-refractivity contribution in [1.29, 1.82) is 5.41 Å². The van der Waals surface area contributed by atoms with Crippen LogP contribution in [-0.4, -0.2) is 19.0 Å². The van der Waals surface area contributed by atoms with Crippen LogP contribution in [-0.2, 0) is 20.9 Å². The van der Waals surface area contributed by atoms with Crippen LogP contribution in [0.2, 0.25) is 0 Å². The summed E-state index contributed by atoms with van der Waals surface area (Å²) in [5.41, 5.74) is 0.101. The fraction of sp³-hybridized carbons (Fsp3) is 0.556. The van der Waals surface area contributed by atoms with Gasteiger partial charge in [0.15, 0.2) is 5.90 Å². The van der Waals surface area contributed by atoms with E-state index in [4.69, 9.17) is 14.9 Å². The van der Waals surface area contributed by atoms with Crippen molar-refractivity contribution < 1.29 is 14.3 Å². The molecule has 0 bridgehead atoms. The fourth-order valence-electron chi connectivity index (χ4n) is 3.17. The van der Waals surface area contributed by atoms with Crippen LogP contribution in [0, 0.1) is 16.7 Å². The second-order valence-electron chi connectivity index (χ2n) is 6.03. The van der Waals surface area contributed by atoms with Crippen LogP contribution >= 0.6 is 0 Å². The summed E-state index contributed by atoms with van der Waals surface area (Å²) >= 11 is 0. The van der Waals surface area contributed by atoms with Gasteiger partial charge in [-0.15, -0.1) is 0 Å². The molecule has 0 atom stereocenters. The fourth-order valence-corrected chi connectivity index (χ4v) is 3.17. The van der Waals surface area contributed by atoms with Gasteiger partial charge in [-0.1, -0.05) is 43.7 Å². The van der Waals surface area contributed by atoms with E-state index in [0.29, 0.717) is 25.4 Å². The van der Waals surface area contributed by atoms with Gasteiger partial charge in [-0.25, -0.2) is 0 Å². The van der Waals surface area contributed by atoms with Crippen LogP contribution in [0.3, 0.4) is 0 Å². The first-order chi connectivity index (χ1) is 10.6. The van der Waals surface area contributed by atoms with E-state index in [0.717, 1.165) is 24.8 Å². The summed E-state index contributed by atoms with van der Waals surface area (Å²) in [6.07, 6.45) is 4.30. The zero-order valence-corrected chi connectivity index (χ0v) is 13.4. The van der Waals surface area contributed by atoms with Crippen molar-refractivity contribution in [3.8, 4) is 0 Å². The van der Waals surface area contributed by atoms with Crippen molar-refractivity contribution in [2.75, 3.05) is 7.11 Å². The van der Waals surface area contributed by atoms with E-state index in [2.05, 4.69) is 6.92 Å². The van der Waals surface area contributed by atoms with Gasteiger partial charge in [-0.05, 0) is 37.2 Å². The zero-order chi connectivity index (χ0) is 16.0. The topological polar surface area (TPSA) is 59.4 Å². The molecule has 22 heavy (non-hydrogen) atoms. The lowest BCUT2D eigenvalue weighted by Crippen LogP contribution is -2.44. The first kappa shape index (κ1) is 16.5. The van der Waals surface area contributed by atoms with Gasteiger partial charge < -0.3 is 9.47 Å². The van der Waals surface area contributed by atoms with Crippen LogP contribution in [0.25, 0.3) is 0 Å². The minimum atomic E-state index is -0.894. The Morgan fingerprint density at radius 3 is 2.45 bits per heavy atom. The quantitative estimate of drug-likeness (QED) is 0.509. The molecule has 0 spiro atoms. The van der Waals surface area contributed by atoms with Crippen LogP contribution in [0.5, 0.6) is 0 Å².